The zero-order valence-electron chi connectivity index (χ0n) is 9.08. The third-order valence-corrected chi connectivity index (χ3v) is 2.85. The molecule has 2 aromatic carbocycles. The quantitative estimate of drug-likeness (QED) is 0.814. The molecule has 0 unspecified atom stereocenters. The molecule has 0 aliphatic rings. The van der Waals surface area contributed by atoms with Crippen LogP contribution in [0.4, 0.5) is 5.69 Å². The highest BCUT2D eigenvalue weighted by Gasteiger charge is 2.00. The van der Waals surface area contributed by atoms with Gasteiger partial charge in [0, 0.05) is 11.6 Å². The molecule has 4 heteroatoms. The molecule has 0 spiro atoms. The predicted octanol–water partition coefficient (Wildman–Crippen LogP) is 4.11. The molecule has 0 fully saturated rings. The highest BCUT2D eigenvalue weighted by atomic mass is 35.5. The molecule has 0 bridgehead atoms. The lowest BCUT2D eigenvalue weighted by atomic mass is 10.2. The molecule has 88 valence electrons. The number of halogens is 2. The van der Waals surface area contributed by atoms with Gasteiger partial charge in [0.25, 0.3) is 0 Å². The van der Waals surface area contributed by atoms with Crippen LogP contribution in [-0.2, 0) is 6.54 Å². The second-order valence-electron chi connectivity index (χ2n) is 3.59. The fourth-order valence-corrected chi connectivity index (χ4v) is 1.77. The first-order valence-corrected chi connectivity index (χ1v) is 5.99. The maximum absolute atomic E-state index is 6.02. The van der Waals surface area contributed by atoms with Crippen molar-refractivity contribution in [1.82, 2.24) is 5.43 Å². The summed E-state index contributed by atoms with van der Waals surface area (Å²) in [6.07, 6.45) is 0. The van der Waals surface area contributed by atoms with E-state index in [1.807, 2.05) is 30.3 Å². The molecule has 2 nitrogen and oxygen atoms in total. The van der Waals surface area contributed by atoms with Crippen LogP contribution in [0.25, 0.3) is 0 Å². The molecular weight excluding hydrogens is 255 g/mol. The maximum Gasteiger partial charge on any atom is 0.0689 e. The summed E-state index contributed by atoms with van der Waals surface area (Å²) in [7, 11) is 0. The van der Waals surface area contributed by atoms with Crippen LogP contribution in [0.3, 0.4) is 0 Å². The number of hydrogen-bond acceptors (Lipinski definition) is 2. The zero-order valence-corrected chi connectivity index (χ0v) is 10.6. The molecule has 0 aromatic heterocycles. The minimum absolute atomic E-state index is 0.634. The summed E-state index contributed by atoms with van der Waals surface area (Å²) in [6.45, 7) is 0.712. The summed E-state index contributed by atoms with van der Waals surface area (Å²) in [6, 6.07) is 15.4. The summed E-state index contributed by atoms with van der Waals surface area (Å²) in [5.74, 6) is 0. The second-order valence-corrected chi connectivity index (χ2v) is 4.43. The number of rotatable bonds is 4. The van der Waals surface area contributed by atoms with Crippen molar-refractivity contribution < 1.29 is 0 Å². The van der Waals surface area contributed by atoms with Gasteiger partial charge >= 0.3 is 0 Å². The van der Waals surface area contributed by atoms with Crippen LogP contribution in [0, 0.1) is 0 Å². The molecular formula is C13H12Cl2N2. The highest BCUT2D eigenvalue weighted by molar-refractivity contribution is 6.35. The zero-order chi connectivity index (χ0) is 12.1. The second kappa shape index (κ2) is 5.92. The van der Waals surface area contributed by atoms with Crippen LogP contribution in [0.15, 0.2) is 48.5 Å². The highest BCUT2D eigenvalue weighted by Crippen LogP contribution is 2.24. The van der Waals surface area contributed by atoms with Crippen molar-refractivity contribution in [1.29, 1.82) is 0 Å². The van der Waals surface area contributed by atoms with E-state index in [0.29, 0.717) is 16.6 Å². The Balaban J connectivity index is 1.92. The Hall–Kier alpha value is -1.22. The lowest BCUT2D eigenvalue weighted by Gasteiger charge is -2.10. The van der Waals surface area contributed by atoms with Crippen molar-refractivity contribution in [3.05, 3.63) is 64.1 Å². The molecule has 17 heavy (non-hydrogen) atoms. The van der Waals surface area contributed by atoms with Gasteiger partial charge in [0.2, 0.25) is 0 Å². The van der Waals surface area contributed by atoms with Crippen LogP contribution < -0.4 is 10.9 Å². The van der Waals surface area contributed by atoms with Crippen LogP contribution >= 0.6 is 23.2 Å². The summed E-state index contributed by atoms with van der Waals surface area (Å²) in [5.41, 5.74) is 8.09. The van der Waals surface area contributed by atoms with E-state index in [-0.39, 0.29) is 0 Å². The van der Waals surface area contributed by atoms with Crippen molar-refractivity contribution in [3.63, 3.8) is 0 Å². The largest absolute Gasteiger partial charge is 0.320 e. The van der Waals surface area contributed by atoms with Crippen LogP contribution in [0.2, 0.25) is 10.0 Å². The Morgan fingerprint density at radius 2 is 1.71 bits per heavy atom. The Kier molecular flexibility index (Phi) is 4.26. The van der Waals surface area contributed by atoms with Gasteiger partial charge in [0.05, 0.1) is 10.7 Å². The molecule has 0 saturated heterocycles. The molecule has 2 aromatic rings. The van der Waals surface area contributed by atoms with Crippen molar-refractivity contribution in [2.45, 2.75) is 6.54 Å². The average molecular weight is 267 g/mol. The van der Waals surface area contributed by atoms with Crippen molar-refractivity contribution in [3.8, 4) is 0 Å². The molecule has 0 amide bonds. The Morgan fingerprint density at radius 1 is 0.941 bits per heavy atom. The molecule has 0 radical (unpaired) electrons. The van der Waals surface area contributed by atoms with Crippen LogP contribution in [-0.4, -0.2) is 0 Å². The Labute approximate surface area is 111 Å². The van der Waals surface area contributed by atoms with Crippen LogP contribution in [0.5, 0.6) is 0 Å². The lowest BCUT2D eigenvalue weighted by Crippen LogP contribution is -2.20. The molecule has 2 rings (SSSR count). The predicted molar refractivity (Wildman–Crippen MR) is 73.4 cm³/mol. The van der Waals surface area contributed by atoms with Crippen LogP contribution in [0.1, 0.15) is 5.56 Å². The molecule has 0 atom stereocenters. The topological polar surface area (TPSA) is 24.1 Å². The average Bonchev–Trinajstić information content (AvgIpc) is 2.35. The first-order valence-electron chi connectivity index (χ1n) is 5.23. The van der Waals surface area contributed by atoms with E-state index in [0.717, 1.165) is 5.69 Å². The first-order chi connectivity index (χ1) is 8.25. The molecule has 0 saturated carbocycles. The number of nitrogens with one attached hydrogen (secondary N) is 2. The third-order valence-electron chi connectivity index (χ3n) is 2.29. The molecule has 2 N–H and O–H groups in total. The summed E-state index contributed by atoms with van der Waals surface area (Å²) >= 11 is 11.9. The number of anilines is 1. The van der Waals surface area contributed by atoms with Gasteiger partial charge in [0.15, 0.2) is 0 Å². The number of benzene rings is 2. The van der Waals surface area contributed by atoms with Gasteiger partial charge in [-0.2, -0.15) is 0 Å². The van der Waals surface area contributed by atoms with Crippen molar-refractivity contribution in [2.75, 3.05) is 5.43 Å². The Bertz CT molecular complexity index is 486. The maximum atomic E-state index is 6.02. The summed E-state index contributed by atoms with van der Waals surface area (Å²) < 4.78 is 0. The van der Waals surface area contributed by atoms with Gasteiger partial charge in [-0.25, -0.2) is 5.43 Å². The number of hydrazine groups is 1. The van der Waals surface area contributed by atoms with Gasteiger partial charge in [-0.15, -0.1) is 0 Å². The van der Waals surface area contributed by atoms with Gasteiger partial charge < -0.3 is 5.43 Å². The third kappa shape index (κ3) is 3.63. The van der Waals surface area contributed by atoms with Gasteiger partial charge in [-0.05, 0) is 23.8 Å². The molecule has 0 aliphatic carbocycles. The van der Waals surface area contributed by atoms with E-state index in [4.69, 9.17) is 23.2 Å². The van der Waals surface area contributed by atoms with E-state index in [1.54, 1.807) is 18.2 Å². The minimum Gasteiger partial charge on any atom is -0.320 e. The summed E-state index contributed by atoms with van der Waals surface area (Å²) in [4.78, 5) is 0. The lowest BCUT2D eigenvalue weighted by molar-refractivity contribution is 0.801. The van der Waals surface area contributed by atoms with Gasteiger partial charge in [-0.1, -0.05) is 53.5 Å². The number of hydrogen-bond donors (Lipinski definition) is 2. The first kappa shape index (κ1) is 12.2. The van der Waals surface area contributed by atoms with E-state index in [2.05, 4.69) is 10.9 Å². The molecule has 0 heterocycles. The fourth-order valence-electron chi connectivity index (χ4n) is 1.43. The summed E-state index contributed by atoms with van der Waals surface area (Å²) in [5, 5.41) is 1.29. The van der Waals surface area contributed by atoms with Crippen molar-refractivity contribution in [2.24, 2.45) is 0 Å². The SMILES string of the molecule is Clc1ccc(Cl)c(NNCc2ccccc2)c1. The van der Waals surface area contributed by atoms with Gasteiger partial charge in [0.1, 0.15) is 0 Å². The monoisotopic (exact) mass is 266 g/mol. The standard InChI is InChI=1S/C13H12Cl2N2/c14-11-6-7-12(15)13(8-11)17-16-9-10-4-2-1-3-5-10/h1-8,16-17H,9H2. The van der Waals surface area contributed by atoms with Crippen molar-refractivity contribution >= 4 is 28.9 Å². The Morgan fingerprint density at radius 3 is 2.47 bits per heavy atom. The fraction of sp³-hybridized carbons (Fsp3) is 0.0769. The van der Waals surface area contributed by atoms with E-state index in [1.165, 1.54) is 5.56 Å². The van der Waals surface area contributed by atoms with E-state index >= 15 is 0 Å². The smallest absolute Gasteiger partial charge is 0.0689 e. The molecule has 0 aliphatic heterocycles. The minimum atomic E-state index is 0.634. The van der Waals surface area contributed by atoms with E-state index < -0.39 is 0 Å². The normalized spacial score (nSPS) is 10.2. The van der Waals surface area contributed by atoms with Gasteiger partial charge in [-0.3, -0.25) is 0 Å². The van der Waals surface area contributed by atoms with E-state index in [9.17, 15) is 0 Å².